The number of thioether (sulfide) groups is 1. The van der Waals surface area contributed by atoms with Gasteiger partial charge in [-0.1, -0.05) is 12.1 Å². The molecule has 0 bridgehead atoms. The van der Waals surface area contributed by atoms with E-state index in [0.717, 1.165) is 6.07 Å². The molecule has 118 valence electrons. The van der Waals surface area contributed by atoms with E-state index in [0.29, 0.717) is 11.5 Å². The quantitative estimate of drug-likeness (QED) is 0.598. The van der Waals surface area contributed by atoms with Crippen LogP contribution in [0.1, 0.15) is 17.5 Å². The number of carbonyl (C=O) groups is 1. The summed E-state index contributed by atoms with van der Waals surface area (Å²) in [5, 5.41) is 8.57. The number of nitrogens with two attached hydrogens (primary N) is 1. The Hall–Kier alpha value is -1.28. The zero-order valence-electron chi connectivity index (χ0n) is 11.0. The number of alkyl halides is 3. The number of carboxylic acid groups (broad SMARTS) is 1. The summed E-state index contributed by atoms with van der Waals surface area (Å²) in [4.78, 5) is 10.5. The van der Waals surface area contributed by atoms with Crippen molar-refractivity contribution in [3.05, 3.63) is 35.1 Å². The normalized spacial score (nSPS) is 13.2. The first-order chi connectivity index (χ1) is 9.73. The molecular formula is C13H15F4NO2S. The van der Waals surface area contributed by atoms with Gasteiger partial charge in [-0.2, -0.15) is 24.9 Å². The van der Waals surface area contributed by atoms with Crippen molar-refractivity contribution in [3.8, 4) is 0 Å². The molecule has 8 heteroatoms. The van der Waals surface area contributed by atoms with Crippen LogP contribution in [-0.4, -0.2) is 28.6 Å². The lowest BCUT2D eigenvalue weighted by Crippen LogP contribution is -2.30. The second kappa shape index (κ2) is 7.65. The number of carboxylic acids is 1. The molecule has 0 aromatic heterocycles. The van der Waals surface area contributed by atoms with Gasteiger partial charge in [-0.25, -0.2) is 4.39 Å². The Labute approximate surface area is 123 Å². The summed E-state index contributed by atoms with van der Waals surface area (Å²) in [7, 11) is 0. The molecule has 21 heavy (non-hydrogen) atoms. The molecule has 0 saturated carbocycles. The molecule has 0 radical (unpaired) electrons. The molecule has 1 aromatic rings. The van der Waals surface area contributed by atoms with Gasteiger partial charge >= 0.3 is 12.1 Å². The fraction of sp³-hybridized carbons (Fsp3) is 0.462. The maximum atomic E-state index is 13.3. The molecule has 0 heterocycles. The third-order valence-corrected chi connectivity index (χ3v) is 3.81. The van der Waals surface area contributed by atoms with Crippen molar-refractivity contribution < 1.29 is 27.5 Å². The van der Waals surface area contributed by atoms with E-state index in [9.17, 15) is 22.4 Å². The number of halogens is 4. The minimum absolute atomic E-state index is 0.0551. The van der Waals surface area contributed by atoms with E-state index in [1.165, 1.54) is 23.9 Å². The molecule has 1 unspecified atom stereocenters. The van der Waals surface area contributed by atoms with Crippen LogP contribution in [0.5, 0.6) is 0 Å². The molecule has 0 amide bonds. The summed E-state index contributed by atoms with van der Waals surface area (Å²) in [5.74, 6) is -1.64. The highest BCUT2D eigenvalue weighted by Crippen LogP contribution is 2.34. The molecule has 0 aliphatic carbocycles. The summed E-state index contributed by atoms with van der Waals surface area (Å²) in [6, 6.07) is 2.29. The summed E-state index contributed by atoms with van der Waals surface area (Å²) in [6.07, 6.45) is -4.44. The molecule has 0 fully saturated rings. The standard InChI is InChI=1S/C13H15F4NO2S/c14-9-3-1-2-8(11(9)13(15,16)17)4-6-21-7-5-10(18)12(19)20/h1-3,10H,4-7,18H2,(H,19,20). The Morgan fingerprint density at radius 1 is 1.33 bits per heavy atom. The Morgan fingerprint density at radius 2 is 2.00 bits per heavy atom. The van der Waals surface area contributed by atoms with Crippen molar-refractivity contribution >= 4 is 17.7 Å². The molecule has 0 spiro atoms. The Kier molecular flexibility index (Phi) is 6.47. The second-order valence-electron chi connectivity index (χ2n) is 4.37. The highest BCUT2D eigenvalue weighted by molar-refractivity contribution is 7.99. The van der Waals surface area contributed by atoms with Gasteiger partial charge in [0.1, 0.15) is 11.9 Å². The monoisotopic (exact) mass is 325 g/mol. The van der Waals surface area contributed by atoms with Crippen LogP contribution in [-0.2, 0) is 17.4 Å². The molecule has 0 saturated heterocycles. The Bertz CT molecular complexity index is 494. The maximum Gasteiger partial charge on any atom is 0.419 e. The van der Waals surface area contributed by atoms with Crippen LogP contribution in [0, 0.1) is 5.82 Å². The van der Waals surface area contributed by atoms with Gasteiger partial charge in [0.2, 0.25) is 0 Å². The van der Waals surface area contributed by atoms with Crippen molar-refractivity contribution in [3.63, 3.8) is 0 Å². The summed E-state index contributed by atoms with van der Waals surface area (Å²) in [5.41, 5.74) is 3.97. The van der Waals surface area contributed by atoms with Gasteiger partial charge in [-0.15, -0.1) is 0 Å². The highest BCUT2D eigenvalue weighted by Gasteiger charge is 2.36. The van der Waals surface area contributed by atoms with Crippen molar-refractivity contribution in [1.82, 2.24) is 0 Å². The molecule has 0 aliphatic rings. The molecule has 1 atom stereocenters. The van der Waals surface area contributed by atoms with Crippen LogP contribution >= 0.6 is 11.8 Å². The lowest BCUT2D eigenvalue weighted by molar-refractivity contribution is -0.140. The van der Waals surface area contributed by atoms with E-state index < -0.39 is 29.6 Å². The van der Waals surface area contributed by atoms with Crippen molar-refractivity contribution in [2.75, 3.05) is 11.5 Å². The second-order valence-corrected chi connectivity index (χ2v) is 5.59. The third-order valence-electron chi connectivity index (χ3n) is 2.79. The zero-order valence-corrected chi connectivity index (χ0v) is 11.8. The predicted molar refractivity (Wildman–Crippen MR) is 72.7 cm³/mol. The van der Waals surface area contributed by atoms with Crippen LogP contribution in [0.4, 0.5) is 17.6 Å². The van der Waals surface area contributed by atoms with E-state index in [2.05, 4.69) is 0 Å². The Balaban J connectivity index is 2.53. The smallest absolute Gasteiger partial charge is 0.419 e. The first-order valence-corrected chi connectivity index (χ1v) is 7.29. The number of benzene rings is 1. The van der Waals surface area contributed by atoms with Gasteiger partial charge in [0.25, 0.3) is 0 Å². The van der Waals surface area contributed by atoms with E-state index in [-0.39, 0.29) is 18.4 Å². The van der Waals surface area contributed by atoms with Crippen molar-refractivity contribution in [1.29, 1.82) is 0 Å². The summed E-state index contributed by atoms with van der Waals surface area (Å²) in [6.45, 7) is 0. The van der Waals surface area contributed by atoms with Crippen LogP contribution in [0.3, 0.4) is 0 Å². The minimum atomic E-state index is -4.73. The number of hydrogen-bond acceptors (Lipinski definition) is 3. The first-order valence-electron chi connectivity index (χ1n) is 6.14. The van der Waals surface area contributed by atoms with Gasteiger partial charge in [0, 0.05) is 0 Å². The molecule has 0 aliphatic heterocycles. The van der Waals surface area contributed by atoms with Crippen LogP contribution in [0.15, 0.2) is 18.2 Å². The van der Waals surface area contributed by atoms with E-state index >= 15 is 0 Å². The highest BCUT2D eigenvalue weighted by atomic mass is 32.2. The molecule has 3 N–H and O–H groups in total. The van der Waals surface area contributed by atoms with E-state index in [1.807, 2.05) is 0 Å². The van der Waals surface area contributed by atoms with Gasteiger partial charge < -0.3 is 10.8 Å². The van der Waals surface area contributed by atoms with Crippen molar-refractivity contribution in [2.24, 2.45) is 5.73 Å². The number of aliphatic carboxylic acids is 1. The van der Waals surface area contributed by atoms with Crippen molar-refractivity contribution in [2.45, 2.75) is 25.1 Å². The fourth-order valence-electron chi connectivity index (χ4n) is 1.71. The van der Waals surface area contributed by atoms with E-state index in [1.54, 1.807) is 0 Å². The SMILES string of the molecule is NC(CCSCCc1cccc(F)c1C(F)(F)F)C(=O)O. The average Bonchev–Trinajstić information content (AvgIpc) is 2.36. The fourth-order valence-corrected chi connectivity index (χ4v) is 2.70. The molecule has 3 nitrogen and oxygen atoms in total. The summed E-state index contributed by atoms with van der Waals surface area (Å²) >= 11 is 1.29. The third kappa shape index (κ3) is 5.55. The lowest BCUT2D eigenvalue weighted by atomic mass is 10.0. The van der Waals surface area contributed by atoms with Gasteiger partial charge in [-0.3, -0.25) is 4.79 Å². The average molecular weight is 325 g/mol. The van der Waals surface area contributed by atoms with Crippen LogP contribution in [0.25, 0.3) is 0 Å². The van der Waals surface area contributed by atoms with Crippen LogP contribution in [0.2, 0.25) is 0 Å². The maximum absolute atomic E-state index is 13.3. The number of rotatable bonds is 7. The van der Waals surface area contributed by atoms with Gasteiger partial charge in [0.05, 0.1) is 5.56 Å². The Morgan fingerprint density at radius 3 is 2.57 bits per heavy atom. The zero-order chi connectivity index (χ0) is 16.0. The van der Waals surface area contributed by atoms with Gasteiger partial charge in [-0.05, 0) is 36.0 Å². The largest absolute Gasteiger partial charge is 0.480 e. The number of hydrogen-bond donors (Lipinski definition) is 2. The lowest BCUT2D eigenvalue weighted by Gasteiger charge is -2.13. The topological polar surface area (TPSA) is 63.3 Å². The minimum Gasteiger partial charge on any atom is -0.480 e. The van der Waals surface area contributed by atoms with Crippen LogP contribution < -0.4 is 5.73 Å². The van der Waals surface area contributed by atoms with E-state index in [4.69, 9.17) is 10.8 Å². The summed E-state index contributed by atoms with van der Waals surface area (Å²) < 4.78 is 51.6. The predicted octanol–water partition coefficient (Wildman–Crippen LogP) is 2.92. The molecule has 1 rings (SSSR count). The van der Waals surface area contributed by atoms with Gasteiger partial charge in [0.15, 0.2) is 0 Å². The first kappa shape index (κ1) is 17.8. The molecular weight excluding hydrogens is 310 g/mol. The number of aryl methyl sites for hydroxylation is 1. The molecule has 1 aromatic carbocycles.